The lowest BCUT2D eigenvalue weighted by molar-refractivity contribution is 0.332. The summed E-state index contributed by atoms with van der Waals surface area (Å²) in [5.41, 5.74) is 28.4. The molecular weight excluding hydrogens is 886 g/mol. The van der Waals surface area contributed by atoms with Crippen molar-refractivity contribution in [3.8, 4) is 44.5 Å². The average Bonchev–Trinajstić information content (AvgIpc) is 3.80. The van der Waals surface area contributed by atoms with E-state index in [4.69, 9.17) is 12.6 Å². The summed E-state index contributed by atoms with van der Waals surface area (Å²) in [6.07, 6.45) is 2.35. The first-order valence-electron chi connectivity index (χ1n) is 25.9. The highest BCUT2D eigenvalue weighted by Gasteiger charge is 2.48. The standard InChI is InChI=1S/C69H63BNS/c1-42-22-13-17-28-54(42)69(57-30-19-15-25-47(57)48-26-16-20-31-58(48)69)55-32-21-33-62(43(55)2)70-64-44(3)65(72)50(45-23-11-10-12-24-45)39-53(64)52-40-60-51(49-27-14-18-29-56(49)68(60,8)9)41-63(52)71-46-34-35-59-61(38-46)67(6,7)37-36-66(59,4)5/h10-35,38-41,71-72H,36-37H2,1-9H3. The molecule has 9 aromatic rings. The van der Waals surface area contributed by atoms with Crippen LogP contribution in [0.3, 0.4) is 0 Å². The van der Waals surface area contributed by atoms with E-state index < -0.39 is 5.41 Å². The van der Waals surface area contributed by atoms with Gasteiger partial charge in [0.2, 0.25) is 0 Å². The van der Waals surface area contributed by atoms with Gasteiger partial charge in [0.1, 0.15) is 0 Å². The summed E-state index contributed by atoms with van der Waals surface area (Å²) in [6.45, 7) is 21.3. The van der Waals surface area contributed by atoms with Crippen LogP contribution in [0, 0.1) is 20.8 Å². The molecule has 9 aromatic carbocycles. The highest BCUT2D eigenvalue weighted by Crippen LogP contribution is 2.58. The fourth-order valence-corrected chi connectivity index (χ4v) is 13.6. The fraction of sp³-hybridized carbons (Fsp3) is 0.217. The first-order chi connectivity index (χ1) is 34.6. The van der Waals surface area contributed by atoms with Crippen molar-refractivity contribution in [2.75, 3.05) is 5.32 Å². The molecular formula is C69H63BNS. The Morgan fingerprint density at radius 2 is 0.986 bits per heavy atom. The second-order valence-electron chi connectivity index (χ2n) is 22.8. The maximum atomic E-state index is 5.44. The van der Waals surface area contributed by atoms with Gasteiger partial charge in [-0.15, -0.1) is 12.6 Å². The van der Waals surface area contributed by atoms with Crippen molar-refractivity contribution >= 4 is 42.2 Å². The van der Waals surface area contributed by atoms with Crippen molar-refractivity contribution in [3.63, 3.8) is 0 Å². The van der Waals surface area contributed by atoms with Gasteiger partial charge in [0.05, 0.1) is 5.41 Å². The van der Waals surface area contributed by atoms with Gasteiger partial charge in [-0.2, -0.15) is 0 Å². The maximum absolute atomic E-state index is 5.44. The summed E-state index contributed by atoms with van der Waals surface area (Å²) < 4.78 is 0. The van der Waals surface area contributed by atoms with Crippen molar-refractivity contribution in [1.29, 1.82) is 0 Å². The molecule has 0 aromatic heterocycles. The third kappa shape index (κ3) is 6.98. The molecule has 1 radical (unpaired) electrons. The second kappa shape index (κ2) is 16.9. The molecule has 1 N–H and O–H groups in total. The van der Waals surface area contributed by atoms with Crippen molar-refractivity contribution in [3.05, 3.63) is 243 Å². The number of hydrogen-bond acceptors (Lipinski definition) is 2. The number of nitrogens with one attached hydrogen (secondary N) is 1. The number of aryl methyl sites for hydroxylation is 1. The van der Waals surface area contributed by atoms with Crippen LogP contribution in [0.2, 0.25) is 0 Å². The molecule has 353 valence electrons. The van der Waals surface area contributed by atoms with Gasteiger partial charge in [-0.05, 0) is 169 Å². The normalized spacial score (nSPS) is 16.0. The molecule has 0 saturated heterocycles. The zero-order valence-corrected chi connectivity index (χ0v) is 44.2. The van der Waals surface area contributed by atoms with Crippen LogP contribution in [0.25, 0.3) is 44.5 Å². The van der Waals surface area contributed by atoms with Crippen molar-refractivity contribution in [2.24, 2.45) is 0 Å². The Hall–Kier alpha value is -6.81. The molecule has 0 fully saturated rings. The Morgan fingerprint density at radius 3 is 1.65 bits per heavy atom. The van der Waals surface area contributed by atoms with Gasteiger partial charge in [0, 0.05) is 27.2 Å². The molecule has 1 nitrogen and oxygen atoms in total. The van der Waals surface area contributed by atoms with Gasteiger partial charge < -0.3 is 5.32 Å². The minimum atomic E-state index is -0.521. The lowest BCUT2D eigenvalue weighted by atomic mass is 9.56. The lowest BCUT2D eigenvalue weighted by Gasteiger charge is -2.42. The molecule has 72 heavy (non-hydrogen) atoms. The quantitative estimate of drug-likeness (QED) is 0.114. The highest BCUT2D eigenvalue weighted by atomic mass is 32.1. The highest BCUT2D eigenvalue weighted by molar-refractivity contribution is 7.80. The van der Waals surface area contributed by atoms with E-state index in [1.807, 2.05) is 0 Å². The summed E-state index contributed by atoms with van der Waals surface area (Å²) in [4.78, 5) is 0.989. The van der Waals surface area contributed by atoms with E-state index in [2.05, 4.69) is 257 Å². The number of anilines is 2. The van der Waals surface area contributed by atoms with Crippen molar-refractivity contribution < 1.29 is 0 Å². The summed E-state index contributed by atoms with van der Waals surface area (Å²) in [6, 6.07) is 68.6. The minimum Gasteiger partial charge on any atom is -0.355 e. The Bertz CT molecular complexity index is 3620. The molecule has 3 heteroatoms. The molecule has 0 saturated carbocycles. The monoisotopic (exact) mass is 948 g/mol. The molecule has 0 spiro atoms. The maximum Gasteiger partial charge on any atom is 0.192 e. The second-order valence-corrected chi connectivity index (χ2v) is 23.3. The Kier molecular flexibility index (Phi) is 10.9. The predicted octanol–water partition coefficient (Wildman–Crippen LogP) is 16.7. The van der Waals surface area contributed by atoms with Gasteiger partial charge >= 0.3 is 0 Å². The van der Waals surface area contributed by atoms with Crippen LogP contribution in [-0.2, 0) is 21.7 Å². The van der Waals surface area contributed by atoms with Crippen LogP contribution in [0.1, 0.15) is 116 Å². The summed E-state index contributed by atoms with van der Waals surface area (Å²) >= 11 is 5.44. The summed E-state index contributed by atoms with van der Waals surface area (Å²) in [5.74, 6) is 0. The number of hydrogen-bond donors (Lipinski definition) is 2. The number of benzene rings is 9. The SMILES string of the molecule is Cc1ccccc1C1(c2cccc([B]c3c(-c4cc5c(cc4Nc4ccc6c(c4)C(C)(C)CCC6(C)C)-c4ccccc4C5(C)C)cc(-c4ccccc4)c(S)c3C)c2C)c2ccccc2-c2ccccc21. The molecule has 0 unspecified atom stereocenters. The molecule has 0 amide bonds. The lowest BCUT2D eigenvalue weighted by Crippen LogP contribution is -2.37. The fourth-order valence-electron chi connectivity index (χ4n) is 13.3. The molecule has 0 bridgehead atoms. The van der Waals surface area contributed by atoms with Crippen LogP contribution >= 0.6 is 12.6 Å². The summed E-state index contributed by atoms with van der Waals surface area (Å²) in [7, 11) is 2.47. The van der Waals surface area contributed by atoms with E-state index in [0.29, 0.717) is 0 Å². The molecule has 3 aliphatic rings. The van der Waals surface area contributed by atoms with E-state index in [1.54, 1.807) is 0 Å². The van der Waals surface area contributed by atoms with Gasteiger partial charge in [0.15, 0.2) is 7.28 Å². The van der Waals surface area contributed by atoms with Gasteiger partial charge in [-0.25, -0.2) is 0 Å². The zero-order chi connectivity index (χ0) is 49.9. The topological polar surface area (TPSA) is 12.0 Å². The molecule has 12 rings (SSSR count). The third-order valence-corrected chi connectivity index (χ3v) is 18.0. The van der Waals surface area contributed by atoms with Crippen molar-refractivity contribution in [1.82, 2.24) is 0 Å². The summed E-state index contributed by atoms with van der Waals surface area (Å²) in [5, 5.41) is 4.13. The minimum absolute atomic E-state index is 0.0747. The Labute approximate surface area is 434 Å². The third-order valence-electron chi connectivity index (χ3n) is 17.4. The van der Waals surface area contributed by atoms with Crippen LogP contribution in [0.15, 0.2) is 187 Å². The molecule has 0 aliphatic heterocycles. The Morgan fingerprint density at radius 1 is 0.417 bits per heavy atom. The average molecular weight is 949 g/mol. The van der Waals surface area contributed by atoms with E-state index >= 15 is 0 Å². The smallest absolute Gasteiger partial charge is 0.192 e. The van der Waals surface area contributed by atoms with Gasteiger partial charge in [0.25, 0.3) is 0 Å². The number of rotatable bonds is 8. The first kappa shape index (κ1) is 46.3. The van der Waals surface area contributed by atoms with E-state index in [1.165, 1.54) is 106 Å². The Balaban J connectivity index is 1.10. The first-order valence-corrected chi connectivity index (χ1v) is 26.4. The van der Waals surface area contributed by atoms with Crippen LogP contribution in [0.4, 0.5) is 11.4 Å². The number of fused-ring (bicyclic) bond motifs is 7. The van der Waals surface area contributed by atoms with Crippen LogP contribution < -0.4 is 16.2 Å². The molecule has 3 aliphatic carbocycles. The van der Waals surface area contributed by atoms with E-state index in [0.717, 1.165) is 39.4 Å². The van der Waals surface area contributed by atoms with Gasteiger partial charge in [-0.1, -0.05) is 210 Å². The number of thiol groups is 1. The van der Waals surface area contributed by atoms with Crippen LogP contribution in [0.5, 0.6) is 0 Å². The van der Waals surface area contributed by atoms with Crippen LogP contribution in [-0.4, -0.2) is 7.28 Å². The van der Waals surface area contributed by atoms with Gasteiger partial charge in [-0.3, -0.25) is 0 Å². The largest absolute Gasteiger partial charge is 0.355 e. The van der Waals surface area contributed by atoms with Crippen molar-refractivity contribution in [2.45, 2.75) is 102 Å². The molecule has 0 atom stereocenters. The zero-order valence-electron chi connectivity index (χ0n) is 43.3. The van der Waals surface area contributed by atoms with E-state index in [9.17, 15) is 0 Å². The predicted molar refractivity (Wildman–Crippen MR) is 310 cm³/mol. The van der Waals surface area contributed by atoms with E-state index in [-0.39, 0.29) is 16.2 Å². The molecule has 0 heterocycles.